The summed E-state index contributed by atoms with van der Waals surface area (Å²) < 4.78 is 5.14. The van der Waals surface area contributed by atoms with Crippen molar-refractivity contribution in [3.8, 4) is 5.75 Å². The van der Waals surface area contributed by atoms with Gasteiger partial charge in [-0.25, -0.2) is 9.98 Å². The molecule has 3 nitrogen and oxygen atoms in total. The molecule has 2 aromatic carbocycles. The van der Waals surface area contributed by atoms with E-state index in [1.807, 2.05) is 78.9 Å². The maximum atomic E-state index is 5.14. The van der Waals surface area contributed by atoms with E-state index in [4.69, 9.17) is 4.74 Å². The minimum absolute atomic E-state index is 0.830. The Morgan fingerprint density at radius 3 is 1.64 bits per heavy atom. The molecule has 108 valence electrons. The second kappa shape index (κ2) is 6.68. The number of aliphatic imine (C=N–C) groups is 2. The highest BCUT2D eigenvalue weighted by Crippen LogP contribution is 2.19. The Morgan fingerprint density at radius 1 is 0.636 bits per heavy atom. The fraction of sp³-hybridized carbons (Fsp3) is 0.0526. The van der Waals surface area contributed by atoms with Gasteiger partial charge in [0.05, 0.1) is 29.9 Å². The summed E-state index contributed by atoms with van der Waals surface area (Å²) in [5, 5.41) is 0. The van der Waals surface area contributed by atoms with Crippen molar-refractivity contribution in [3.63, 3.8) is 0 Å². The van der Waals surface area contributed by atoms with Gasteiger partial charge in [-0.2, -0.15) is 0 Å². The van der Waals surface area contributed by atoms with E-state index in [0.717, 1.165) is 28.5 Å². The monoisotopic (exact) mass is 288 g/mol. The highest BCUT2D eigenvalue weighted by atomic mass is 16.5. The molecular formula is C19H16N2O. The van der Waals surface area contributed by atoms with Gasteiger partial charge in [0, 0.05) is 0 Å². The summed E-state index contributed by atoms with van der Waals surface area (Å²) >= 11 is 0. The Bertz CT molecular complexity index is 736. The molecule has 0 heterocycles. The van der Waals surface area contributed by atoms with Crippen molar-refractivity contribution >= 4 is 22.8 Å². The number of benzene rings is 2. The lowest BCUT2D eigenvalue weighted by atomic mass is 10.1. The van der Waals surface area contributed by atoms with E-state index in [1.165, 1.54) is 0 Å². The average molecular weight is 288 g/mol. The van der Waals surface area contributed by atoms with E-state index in [0.29, 0.717) is 0 Å². The first-order chi connectivity index (χ1) is 10.8. The van der Waals surface area contributed by atoms with Gasteiger partial charge in [-0.15, -0.1) is 0 Å². The van der Waals surface area contributed by atoms with Crippen LogP contribution in [-0.4, -0.2) is 18.5 Å². The highest BCUT2D eigenvalue weighted by molar-refractivity contribution is 6.19. The summed E-state index contributed by atoms with van der Waals surface area (Å²) in [6.45, 7) is 0. The number of methoxy groups -OCH3 is 1. The number of ether oxygens (including phenoxy) is 1. The van der Waals surface area contributed by atoms with Gasteiger partial charge in [0.1, 0.15) is 5.75 Å². The smallest absolute Gasteiger partial charge is 0.119 e. The molecule has 0 aromatic heterocycles. The van der Waals surface area contributed by atoms with E-state index < -0.39 is 0 Å². The quantitative estimate of drug-likeness (QED) is 0.756. The van der Waals surface area contributed by atoms with Gasteiger partial charge in [-0.1, -0.05) is 18.2 Å². The lowest BCUT2D eigenvalue weighted by Gasteiger charge is -2.04. The summed E-state index contributed by atoms with van der Waals surface area (Å²) in [6.07, 6.45) is 7.86. The van der Waals surface area contributed by atoms with Crippen LogP contribution in [0, 0.1) is 0 Å². The number of para-hydroxylation sites is 1. The molecule has 0 fully saturated rings. The molecule has 0 radical (unpaired) electrons. The Hall–Kier alpha value is -2.94. The summed E-state index contributed by atoms with van der Waals surface area (Å²) in [6, 6.07) is 17.6. The molecule has 0 aliphatic heterocycles. The summed E-state index contributed by atoms with van der Waals surface area (Å²) in [5.41, 5.74) is 3.66. The van der Waals surface area contributed by atoms with Crippen molar-refractivity contribution in [3.05, 3.63) is 78.9 Å². The average Bonchev–Trinajstić information content (AvgIpc) is 2.58. The first-order valence-electron chi connectivity index (χ1n) is 7.06. The molecule has 3 heteroatoms. The molecule has 0 saturated carbocycles. The standard InChI is InChI=1S/C19H16N2O/c1-22-19-13-11-18(12-14-19)21-17-9-7-16(8-10-17)20-15-5-3-2-4-6-15/h2-14H,1H3. The third-order valence-corrected chi connectivity index (χ3v) is 3.19. The molecule has 0 atom stereocenters. The molecule has 0 spiro atoms. The highest BCUT2D eigenvalue weighted by Gasteiger charge is 2.00. The summed E-state index contributed by atoms with van der Waals surface area (Å²) in [5.74, 6) is 0.830. The molecule has 0 saturated heterocycles. The van der Waals surface area contributed by atoms with Crippen LogP contribution >= 0.6 is 0 Å². The predicted molar refractivity (Wildman–Crippen MR) is 91.9 cm³/mol. The zero-order valence-electron chi connectivity index (χ0n) is 12.3. The zero-order valence-corrected chi connectivity index (χ0v) is 12.3. The van der Waals surface area contributed by atoms with Crippen LogP contribution in [0.15, 0.2) is 88.9 Å². The van der Waals surface area contributed by atoms with Crippen LogP contribution in [0.5, 0.6) is 5.75 Å². The largest absolute Gasteiger partial charge is 0.497 e. The van der Waals surface area contributed by atoms with Crippen LogP contribution in [0.25, 0.3) is 0 Å². The van der Waals surface area contributed by atoms with Crippen LogP contribution < -0.4 is 4.74 Å². The lowest BCUT2D eigenvalue weighted by Crippen LogP contribution is -1.99. The SMILES string of the molecule is COc1ccc(N=C2C=CC(=Nc3ccccc3)C=C2)cc1. The van der Waals surface area contributed by atoms with E-state index >= 15 is 0 Å². The molecule has 1 aliphatic carbocycles. The van der Waals surface area contributed by atoms with Gasteiger partial charge >= 0.3 is 0 Å². The second-order valence-electron chi connectivity index (χ2n) is 4.77. The van der Waals surface area contributed by atoms with Crippen LogP contribution in [0.3, 0.4) is 0 Å². The molecule has 2 aromatic rings. The van der Waals surface area contributed by atoms with E-state index in [-0.39, 0.29) is 0 Å². The van der Waals surface area contributed by atoms with Crippen molar-refractivity contribution in [2.45, 2.75) is 0 Å². The number of hydrogen-bond donors (Lipinski definition) is 0. The predicted octanol–water partition coefficient (Wildman–Crippen LogP) is 4.67. The van der Waals surface area contributed by atoms with Crippen molar-refractivity contribution in [2.75, 3.05) is 7.11 Å². The maximum absolute atomic E-state index is 5.14. The Balaban J connectivity index is 1.74. The summed E-state index contributed by atoms with van der Waals surface area (Å²) in [4.78, 5) is 9.12. The van der Waals surface area contributed by atoms with Crippen molar-refractivity contribution in [2.24, 2.45) is 9.98 Å². The van der Waals surface area contributed by atoms with Crippen LogP contribution in [-0.2, 0) is 0 Å². The minimum atomic E-state index is 0.830. The first kappa shape index (κ1) is 14.0. The van der Waals surface area contributed by atoms with Crippen molar-refractivity contribution in [1.29, 1.82) is 0 Å². The van der Waals surface area contributed by atoms with E-state index in [2.05, 4.69) is 9.98 Å². The molecule has 0 N–H and O–H groups in total. The van der Waals surface area contributed by atoms with Crippen LogP contribution in [0.4, 0.5) is 11.4 Å². The van der Waals surface area contributed by atoms with Crippen LogP contribution in [0.1, 0.15) is 0 Å². The third kappa shape index (κ3) is 3.58. The molecular weight excluding hydrogens is 272 g/mol. The minimum Gasteiger partial charge on any atom is -0.497 e. The van der Waals surface area contributed by atoms with E-state index in [1.54, 1.807) is 7.11 Å². The third-order valence-electron chi connectivity index (χ3n) is 3.19. The lowest BCUT2D eigenvalue weighted by molar-refractivity contribution is 0.415. The van der Waals surface area contributed by atoms with E-state index in [9.17, 15) is 0 Å². The van der Waals surface area contributed by atoms with Gasteiger partial charge < -0.3 is 4.74 Å². The van der Waals surface area contributed by atoms with Crippen LogP contribution in [0.2, 0.25) is 0 Å². The Kier molecular flexibility index (Phi) is 4.25. The molecule has 0 unspecified atom stereocenters. The van der Waals surface area contributed by atoms with Gasteiger partial charge in [-0.3, -0.25) is 0 Å². The van der Waals surface area contributed by atoms with Gasteiger partial charge in [0.25, 0.3) is 0 Å². The Labute approximate surface area is 130 Å². The fourth-order valence-corrected chi connectivity index (χ4v) is 2.06. The fourth-order valence-electron chi connectivity index (χ4n) is 2.06. The Morgan fingerprint density at radius 2 is 1.14 bits per heavy atom. The van der Waals surface area contributed by atoms with Gasteiger partial charge in [-0.05, 0) is 60.7 Å². The van der Waals surface area contributed by atoms with Crippen molar-refractivity contribution in [1.82, 2.24) is 0 Å². The topological polar surface area (TPSA) is 34.0 Å². The number of nitrogens with zero attached hydrogens (tertiary/aromatic N) is 2. The van der Waals surface area contributed by atoms with Gasteiger partial charge in [0.15, 0.2) is 0 Å². The molecule has 3 rings (SSSR count). The maximum Gasteiger partial charge on any atom is 0.119 e. The van der Waals surface area contributed by atoms with Crippen molar-refractivity contribution < 1.29 is 4.74 Å². The second-order valence-corrected chi connectivity index (χ2v) is 4.77. The molecule has 0 bridgehead atoms. The number of rotatable bonds is 3. The van der Waals surface area contributed by atoms with Gasteiger partial charge in [0.2, 0.25) is 0 Å². The summed E-state index contributed by atoms with van der Waals surface area (Å²) in [7, 11) is 1.65. The molecule has 1 aliphatic rings. The molecule has 22 heavy (non-hydrogen) atoms. The zero-order chi connectivity index (χ0) is 15.2. The normalized spacial score (nSPS) is 13.1. The first-order valence-corrected chi connectivity index (χ1v) is 7.06. The molecule has 0 amide bonds. The number of hydrogen-bond acceptors (Lipinski definition) is 3. The number of allylic oxidation sites excluding steroid dienone is 4.